The van der Waals surface area contributed by atoms with Gasteiger partial charge in [0.05, 0.1) is 16.7 Å². The Kier molecular flexibility index (Phi) is 5.32. The Morgan fingerprint density at radius 1 is 0.561 bits per heavy atom. The molecule has 0 spiro atoms. The van der Waals surface area contributed by atoms with Crippen LogP contribution in [-0.2, 0) is 0 Å². The van der Waals surface area contributed by atoms with Gasteiger partial charge in [0.2, 0.25) is 5.71 Å². The van der Waals surface area contributed by atoms with E-state index in [0.717, 1.165) is 72.4 Å². The molecule has 0 atom stereocenters. The van der Waals surface area contributed by atoms with Crippen molar-refractivity contribution >= 4 is 33.1 Å². The first kappa shape index (κ1) is 23.4. The second-order valence-corrected chi connectivity index (χ2v) is 10.3. The highest BCUT2D eigenvalue weighted by molar-refractivity contribution is 6.05. The van der Waals surface area contributed by atoms with Gasteiger partial charge in [0.25, 0.3) is 0 Å². The monoisotopic (exact) mass is 527 g/mol. The smallest absolute Gasteiger partial charge is 0.227 e. The summed E-state index contributed by atoms with van der Waals surface area (Å²) >= 11 is 0. The second kappa shape index (κ2) is 9.32. The predicted octanol–water partition coefficient (Wildman–Crippen LogP) is 9.63. The summed E-state index contributed by atoms with van der Waals surface area (Å²) in [6.07, 6.45) is 0. The van der Waals surface area contributed by atoms with Crippen molar-refractivity contribution in [1.82, 2.24) is 14.5 Å². The van der Waals surface area contributed by atoms with Gasteiger partial charge in [-0.2, -0.15) is 0 Å². The molecule has 0 aliphatic carbocycles. The molecule has 0 amide bonds. The van der Waals surface area contributed by atoms with Gasteiger partial charge in [-0.25, -0.2) is 9.97 Å². The fourth-order valence-electron chi connectivity index (χ4n) is 5.82. The molecule has 194 valence electrons. The van der Waals surface area contributed by atoms with Crippen LogP contribution in [0.15, 0.2) is 138 Å². The number of hydrogen-bond donors (Lipinski definition) is 0. The summed E-state index contributed by atoms with van der Waals surface area (Å²) in [5.74, 6) is 0.878. The van der Waals surface area contributed by atoms with Crippen molar-refractivity contribution in [3.05, 3.63) is 139 Å². The number of aryl methyl sites for hydroxylation is 1. The van der Waals surface area contributed by atoms with Crippen molar-refractivity contribution in [2.75, 3.05) is 0 Å². The number of rotatable bonds is 4. The first-order chi connectivity index (χ1) is 20.2. The zero-order valence-electron chi connectivity index (χ0n) is 22.5. The molecule has 0 bridgehead atoms. The fraction of sp³-hybridized carbons (Fsp3) is 0.0270. The van der Waals surface area contributed by atoms with Crippen LogP contribution < -0.4 is 0 Å². The van der Waals surface area contributed by atoms with Crippen LogP contribution >= 0.6 is 0 Å². The summed E-state index contributed by atoms with van der Waals surface area (Å²) in [4.78, 5) is 9.85. The number of imidazole rings is 1. The van der Waals surface area contributed by atoms with Crippen molar-refractivity contribution in [1.29, 1.82) is 0 Å². The molecule has 0 radical (unpaired) electrons. The van der Waals surface area contributed by atoms with Crippen LogP contribution in [0.2, 0.25) is 0 Å². The van der Waals surface area contributed by atoms with Gasteiger partial charge in [0.1, 0.15) is 11.4 Å². The van der Waals surface area contributed by atoms with Gasteiger partial charge in [-0.15, -0.1) is 0 Å². The van der Waals surface area contributed by atoms with E-state index in [2.05, 4.69) is 125 Å². The van der Waals surface area contributed by atoms with Gasteiger partial charge in [-0.1, -0.05) is 91.0 Å². The van der Waals surface area contributed by atoms with E-state index in [0.29, 0.717) is 5.71 Å². The van der Waals surface area contributed by atoms with Gasteiger partial charge in [-0.3, -0.25) is 4.57 Å². The summed E-state index contributed by atoms with van der Waals surface area (Å²) in [5.41, 5.74) is 11.1. The third kappa shape index (κ3) is 3.84. The minimum Gasteiger partial charge on any atom is -0.438 e. The van der Waals surface area contributed by atoms with Crippen molar-refractivity contribution in [2.45, 2.75) is 6.92 Å². The molecule has 0 saturated carbocycles. The third-order valence-electron chi connectivity index (χ3n) is 7.72. The van der Waals surface area contributed by atoms with Gasteiger partial charge >= 0.3 is 0 Å². The van der Waals surface area contributed by atoms with Crippen LogP contribution in [0.4, 0.5) is 0 Å². The molecule has 4 heteroatoms. The topological polar surface area (TPSA) is 43.9 Å². The zero-order chi connectivity index (χ0) is 27.3. The highest BCUT2D eigenvalue weighted by Gasteiger charge is 2.22. The lowest BCUT2D eigenvalue weighted by Crippen LogP contribution is -2.03. The van der Waals surface area contributed by atoms with Crippen molar-refractivity contribution in [3.63, 3.8) is 0 Å². The van der Waals surface area contributed by atoms with Crippen LogP contribution in [0.5, 0.6) is 0 Å². The summed E-state index contributed by atoms with van der Waals surface area (Å²) in [7, 11) is 0. The maximum atomic E-state index is 6.11. The van der Waals surface area contributed by atoms with Crippen LogP contribution in [0.3, 0.4) is 0 Å². The number of aromatic nitrogens is 3. The van der Waals surface area contributed by atoms with E-state index in [9.17, 15) is 0 Å². The van der Waals surface area contributed by atoms with Gasteiger partial charge in [-0.05, 0) is 60.5 Å². The molecule has 0 unspecified atom stereocenters. The lowest BCUT2D eigenvalue weighted by atomic mass is 9.95. The average molecular weight is 528 g/mol. The Morgan fingerprint density at radius 3 is 1.98 bits per heavy atom. The van der Waals surface area contributed by atoms with Crippen LogP contribution in [0, 0.1) is 6.92 Å². The molecule has 0 N–H and O–H groups in total. The Bertz CT molecular complexity index is 2150. The summed E-state index contributed by atoms with van der Waals surface area (Å²) < 4.78 is 8.44. The van der Waals surface area contributed by atoms with Gasteiger partial charge in [0.15, 0.2) is 0 Å². The van der Waals surface area contributed by atoms with E-state index in [1.165, 1.54) is 0 Å². The van der Waals surface area contributed by atoms with E-state index in [4.69, 9.17) is 9.40 Å². The molecule has 3 aromatic heterocycles. The van der Waals surface area contributed by atoms with Crippen molar-refractivity contribution in [2.24, 2.45) is 0 Å². The van der Waals surface area contributed by atoms with E-state index < -0.39 is 0 Å². The largest absolute Gasteiger partial charge is 0.438 e. The summed E-state index contributed by atoms with van der Waals surface area (Å²) in [6.45, 7) is 1.98. The lowest BCUT2D eigenvalue weighted by Gasteiger charge is -2.19. The minimum absolute atomic E-state index is 0.659. The van der Waals surface area contributed by atoms with Gasteiger partial charge in [0, 0.05) is 33.2 Å². The second-order valence-electron chi connectivity index (χ2n) is 10.3. The number of para-hydroxylation sites is 3. The highest BCUT2D eigenvalue weighted by atomic mass is 16.3. The molecular weight excluding hydrogens is 502 g/mol. The highest BCUT2D eigenvalue weighted by Crippen LogP contribution is 2.41. The molecule has 0 fully saturated rings. The minimum atomic E-state index is 0.659. The maximum Gasteiger partial charge on any atom is 0.227 e. The standard InChI is InChI=1S/C37H25N3O/c1-24-19-21-30-31-23-27(20-22-34(31)41-37(30)38-24)36-39-32-17-8-9-18-33(32)40(36)35-28(25-11-4-2-5-12-25)15-10-16-29(35)26-13-6-3-7-14-26/h2-23H,1H3. The number of benzene rings is 5. The van der Waals surface area contributed by atoms with E-state index in [1.54, 1.807) is 0 Å². The molecule has 41 heavy (non-hydrogen) atoms. The SMILES string of the molecule is Cc1ccc2c(n1)oc1ccc(-c3nc4ccccc4n3-c3c(-c4ccccc4)cccc3-c3ccccc3)cc12. The van der Waals surface area contributed by atoms with Crippen LogP contribution in [0.1, 0.15) is 5.69 Å². The van der Waals surface area contributed by atoms with Crippen molar-refractivity contribution < 1.29 is 4.42 Å². The number of hydrogen-bond acceptors (Lipinski definition) is 3. The number of pyridine rings is 1. The molecule has 0 aliphatic heterocycles. The molecule has 0 aliphatic rings. The molecule has 0 saturated heterocycles. The first-order valence-corrected chi connectivity index (χ1v) is 13.8. The van der Waals surface area contributed by atoms with E-state index >= 15 is 0 Å². The lowest BCUT2D eigenvalue weighted by molar-refractivity contribution is 0.652. The average Bonchev–Trinajstić information content (AvgIpc) is 3.59. The predicted molar refractivity (Wildman–Crippen MR) is 167 cm³/mol. The normalized spacial score (nSPS) is 11.5. The summed E-state index contributed by atoms with van der Waals surface area (Å²) in [5, 5.41) is 2.04. The number of furan rings is 1. The quantitative estimate of drug-likeness (QED) is 0.229. The first-order valence-electron chi connectivity index (χ1n) is 13.8. The Morgan fingerprint density at radius 2 is 1.24 bits per heavy atom. The van der Waals surface area contributed by atoms with E-state index in [1.807, 2.05) is 25.1 Å². The molecule has 4 nitrogen and oxygen atoms in total. The molecule has 8 aromatic rings. The number of nitrogens with zero attached hydrogens (tertiary/aromatic N) is 3. The van der Waals surface area contributed by atoms with Gasteiger partial charge < -0.3 is 4.42 Å². The Hall–Kier alpha value is -5.48. The molecule has 8 rings (SSSR count). The zero-order valence-corrected chi connectivity index (χ0v) is 22.5. The number of fused-ring (bicyclic) bond motifs is 4. The summed E-state index contributed by atoms with van der Waals surface area (Å²) in [6, 6.07) is 46.5. The Labute approximate surface area is 237 Å². The van der Waals surface area contributed by atoms with Crippen molar-refractivity contribution in [3.8, 4) is 39.3 Å². The fourth-order valence-corrected chi connectivity index (χ4v) is 5.82. The third-order valence-corrected chi connectivity index (χ3v) is 7.72. The molecular formula is C37H25N3O. The molecule has 5 aromatic carbocycles. The van der Waals surface area contributed by atoms with Crippen LogP contribution in [-0.4, -0.2) is 14.5 Å². The van der Waals surface area contributed by atoms with Crippen LogP contribution in [0.25, 0.3) is 72.4 Å². The van der Waals surface area contributed by atoms with E-state index in [-0.39, 0.29) is 0 Å². The molecule has 3 heterocycles. The Balaban J connectivity index is 1.47. The maximum absolute atomic E-state index is 6.11.